The van der Waals surface area contributed by atoms with Gasteiger partial charge in [-0.15, -0.1) is 0 Å². The summed E-state index contributed by atoms with van der Waals surface area (Å²) in [7, 11) is 0. The first kappa shape index (κ1) is 12.3. The SMILES string of the molecule is CC(c1ccc(C=O)cc1)C1CCCCCC1. The smallest absolute Gasteiger partial charge is 0.150 e. The second kappa shape index (κ2) is 6.00. The van der Waals surface area contributed by atoms with Gasteiger partial charge < -0.3 is 0 Å². The Bertz CT molecular complexity index is 344. The molecule has 0 amide bonds. The summed E-state index contributed by atoms with van der Waals surface area (Å²) in [6.45, 7) is 2.34. The van der Waals surface area contributed by atoms with Gasteiger partial charge in [-0.3, -0.25) is 4.79 Å². The van der Waals surface area contributed by atoms with Crippen molar-refractivity contribution in [2.75, 3.05) is 0 Å². The van der Waals surface area contributed by atoms with E-state index >= 15 is 0 Å². The molecule has 0 saturated heterocycles. The summed E-state index contributed by atoms with van der Waals surface area (Å²) in [5.74, 6) is 1.47. The lowest BCUT2D eigenvalue weighted by molar-refractivity contribution is 0.112. The highest BCUT2D eigenvalue weighted by atomic mass is 16.1. The molecule has 0 radical (unpaired) electrons. The first-order valence-electron chi connectivity index (χ1n) is 6.86. The van der Waals surface area contributed by atoms with E-state index in [4.69, 9.17) is 0 Å². The van der Waals surface area contributed by atoms with Crippen LogP contribution in [0, 0.1) is 5.92 Å². The molecule has 1 unspecified atom stereocenters. The monoisotopic (exact) mass is 230 g/mol. The molecule has 0 aliphatic heterocycles. The molecular formula is C16H22O. The highest BCUT2D eigenvalue weighted by Gasteiger charge is 2.20. The maximum atomic E-state index is 10.6. The quantitative estimate of drug-likeness (QED) is 0.549. The summed E-state index contributed by atoms with van der Waals surface area (Å²) < 4.78 is 0. The van der Waals surface area contributed by atoms with Crippen LogP contribution in [0.15, 0.2) is 24.3 Å². The molecule has 92 valence electrons. The molecule has 1 aromatic rings. The molecule has 1 atom stereocenters. The fraction of sp³-hybridized carbons (Fsp3) is 0.562. The van der Waals surface area contributed by atoms with E-state index in [1.807, 2.05) is 12.1 Å². The molecule has 1 aliphatic rings. The summed E-state index contributed by atoms with van der Waals surface area (Å²) in [5.41, 5.74) is 2.17. The van der Waals surface area contributed by atoms with E-state index in [0.717, 1.165) is 17.8 Å². The number of carbonyl (C=O) groups is 1. The first-order valence-corrected chi connectivity index (χ1v) is 6.86. The molecule has 0 spiro atoms. The Kier molecular flexibility index (Phi) is 4.36. The largest absolute Gasteiger partial charge is 0.298 e. The number of aldehydes is 1. The molecule has 0 N–H and O–H groups in total. The third-order valence-electron chi connectivity index (χ3n) is 4.21. The van der Waals surface area contributed by atoms with Gasteiger partial charge in [-0.05, 0) is 30.2 Å². The molecule has 2 rings (SSSR count). The van der Waals surface area contributed by atoms with E-state index in [1.54, 1.807) is 0 Å². The van der Waals surface area contributed by atoms with Crippen LogP contribution in [-0.2, 0) is 0 Å². The minimum atomic E-state index is 0.633. The van der Waals surface area contributed by atoms with Crippen LogP contribution in [0.3, 0.4) is 0 Å². The van der Waals surface area contributed by atoms with Crippen LogP contribution in [0.2, 0.25) is 0 Å². The molecule has 1 fully saturated rings. The van der Waals surface area contributed by atoms with Gasteiger partial charge in [0.15, 0.2) is 0 Å². The average Bonchev–Trinajstić information content (AvgIpc) is 2.67. The van der Waals surface area contributed by atoms with Gasteiger partial charge in [-0.1, -0.05) is 56.9 Å². The van der Waals surface area contributed by atoms with Gasteiger partial charge in [-0.25, -0.2) is 0 Å². The second-order valence-corrected chi connectivity index (χ2v) is 5.32. The molecule has 1 aromatic carbocycles. The number of carbonyl (C=O) groups excluding carboxylic acids is 1. The van der Waals surface area contributed by atoms with Crippen LogP contribution in [0.5, 0.6) is 0 Å². The van der Waals surface area contributed by atoms with Crippen molar-refractivity contribution in [2.45, 2.75) is 51.4 Å². The van der Waals surface area contributed by atoms with Crippen molar-refractivity contribution >= 4 is 6.29 Å². The van der Waals surface area contributed by atoms with E-state index in [2.05, 4.69) is 19.1 Å². The summed E-state index contributed by atoms with van der Waals surface area (Å²) in [5, 5.41) is 0. The van der Waals surface area contributed by atoms with Gasteiger partial charge in [0.1, 0.15) is 6.29 Å². The van der Waals surface area contributed by atoms with Crippen molar-refractivity contribution in [2.24, 2.45) is 5.92 Å². The van der Waals surface area contributed by atoms with E-state index in [9.17, 15) is 4.79 Å². The van der Waals surface area contributed by atoms with Gasteiger partial charge in [0.2, 0.25) is 0 Å². The summed E-state index contributed by atoms with van der Waals surface area (Å²) in [6.07, 6.45) is 9.26. The van der Waals surface area contributed by atoms with Gasteiger partial charge in [0.05, 0.1) is 0 Å². The van der Waals surface area contributed by atoms with Crippen LogP contribution in [-0.4, -0.2) is 6.29 Å². The van der Waals surface area contributed by atoms with Gasteiger partial charge in [-0.2, -0.15) is 0 Å². The molecule has 0 heterocycles. The molecule has 17 heavy (non-hydrogen) atoms. The lowest BCUT2D eigenvalue weighted by Gasteiger charge is -2.22. The lowest BCUT2D eigenvalue weighted by Crippen LogP contribution is -2.09. The zero-order chi connectivity index (χ0) is 12.1. The zero-order valence-corrected chi connectivity index (χ0v) is 10.7. The Morgan fingerprint density at radius 2 is 1.65 bits per heavy atom. The fourth-order valence-corrected chi connectivity index (χ4v) is 2.96. The van der Waals surface area contributed by atoms with Crippen molar-refractivity contribution < 1.29 is 4.79 Å². The van der Waals surface area contributed by atoms with E-state index in [-0.39, 0.29) is 0 Å². The highest BCUT2D eigenvalue weighted by molar-refractivity contribution is 5.74. The van der Waals surface area contributed by atoms with Gasteiger partial charge in [0, 0.05) is 5.56 Å². The Balaban J connectivity index is 2.06. The van der Waals surface area contributed by atoms with Crippen molar-refractivity contribution in [3.63, 3.8) is 0 Å². The maximum Gasteiger partial charge on any atom is 0.150 e. The molecule has 1 nitrogen and oxygen atoms in total. The van der Waals surface area contributed by atoms with Crippen LogP contribution in [0.4, 0.5) is 0 Å². The van der Waals surface area contributed by atoms with Crippen LogP contribution in [0.25, 0.3) is 0 Å². The molecule has 0 bridgehead atoms. The number of hydrogen-bond donors (Lipinski definition) is 0. The van der Waals surface area contributed by atoms with Crippen molar-refractivity contribution in [3.8, 4) is 0 Å². The summed E-state index contributed by atoms with van der Waals surface area (Å²) in [6, 6.07) is 8.13. The van der Waals surface area contributed by atoms with Crippen LogP contribution in [0.1, 0.15) is 67.3 Å². The Hall–Kier alpha value is -1.11. The zero-order valence-electron chi connectivity index (χ0n) is 10.7. The number of benzene rings is 1. The van der Waals surface area contributed by atoms with E-state index in [1.165, 1.54) is 44.1 Å². The van der Waals surface area contributed by atoms with Crippen molar-refractivity contribution in [1.82, 2.24) is 0 Å². The maximum absolute atomic E-state index is 10.6. The highest BCUT2D eigenvalue weighted by Crippen LogP contribution is 2.34. The first-order chi connectivity index (χ1) is 8.31. The minimum absolute atomic E-state index is 0.633. The number of rotatable bonds is 3. The number of hydrogen-bond acceptors (Lipinski definition) is 1. The molecule has 0 aromatic heterocycles. The molecule has 1 aliphatic carbocycles. The molecular weight excluding hydrogens is 208 g/mol. The molecule has 1 saturated carbocycles. The van der Waals surface area contributed by atoms with Crippen molar-refractivity contribution in [1.29, 1.82) is 0 Å². The minimum Gasteiger partial charge on any atom is -0.298 e. The fourth-order valence-electron chi connectivity index (χ4n) is 2.96. The van der Waals surface area contributed by atoms with Gasteiger partial charge in [0.25, 0.3) is 0 Å². The third kappa shape index (κ3) is 3.18. The lowest BCUT2D eigenvalue weighted by atomic mass is 9.82. The predicted molar refractivity (Wildman–Crippen MR) is 71.4 cm³/mol. The van der Waals surface area contributed by atoms with E-state index in [0.29, 0.717) is 5.92 Å². The van der Waals surface area contributed by atoms with Gasteiger partial charge >= 0.3 is 0 Å². The Morgan fingerprint density at radius 3 is 2.18 bits per heavy atom. The van der Waals surface area contributed by atoms with Crippen LogP contribution < -0.4 is 0 Å². The topological polar surface area (TPSA) is 17.1 Å². The second-order valence-electron chi connectivity index (χ2n) is 5.32. The van der Waals surface area contributed by atoms with Crippen LogP contribution >= 0.6 is 0 Å². The Labute approximate surface area is 104 Å². The molecule has 1 heteroatoms. The predicted octanol–water partition coefficient (Wildman–Crippen LogP) is 4.57. The summed E-state index contributed by atoms with van der Waals surface area (Å²) >= 11 is 0. The standard InChI is InChI=1S/C16H22O/c1-13(15-6-4-2-3-5-7-15)16-10-8-14(12-17)9-11-16/h8-13,15H,2-7H2,1H3. The third-order valence-corrected chi connectivity index (χ3v) is 4.21. The van der Waals surface area contributed by atoms with Crippen molar-refractivity contribution in [3.05, 3.63) is 35.4 Å². The summed E-state index contributed by atoms with van der Waals surface area (Å²) in [4.78, 5) is 10.6. The normalized spacial score (nSPS) is 19.6. The Morgan fingerprint density at radius 1 is 1.06 bits per heavy atom. The van der Waals surface area contributed by atoms with E-state index < -0.39 is 0 Å². The average molecular weight is 230 g/mol.